The van der Waals surface area contributed by atoms with E-state index in [1.807, 2.05) is 22.4 Å². The molecule has 0 N–H and O–H groups in total. The Morgan fingerprint density at radius 2 is 2.32 bits per heavy atom. The summed E-state index contributed by atoms with van der Waals surface area (Å²) >= 11 is 4.93. The second-order valence-electron chi connectivity index (χ2n) is 4.67. The molecule has 1 aromatic carbocycles. The van der Waals surface area contributed by atoms with E-state index in [2.05, 4.69) is 33.0 Å². The van der Waals surface area contributed by atoms with Gasteiger partial charge in [0.25, 0.3) is 5.91 Å². The van der Waals surface area contributed by atoms with Gasteiger partial charge in [0.15, 0.2) is 0 Å². The number of carbonyl (C=O) groups excluding carboxylic acids is 1. The number of hydrogen-bond donors (Lipinski definition) is 0. The van der Waals surface area contributed by atoms with Gasteiger partial charge in [0.05, 0.1) is 5.51 Å². The summed E-state index contributed by atoms with van der Waals surface area (Å²) in [7, 11) is 0. The minimum absolute atomic E-state index is 0.0451. The fraction of sp³-hybridized carbons (Fsp3) is 0.286. The summed E-state index contributed by atoms with van der Waals surface area (Å²) in [6, 6.07) is 8.48. The maximum absolute atomic E-state index is 12.4. The first-order valence-electron chi connectivity index (χ1n) is 6.17. The third-order valence-electron chi connectivity index (χ3n) is 3.14. The summed E-state index contributed by atoms with van der Waals surface area (Å²) < 4.78 is 1.04. The number of nitrogens with zero attached hydrogens (tertiary/aromatic N) is 2. The van der Waals surface area contributed by atoms with E-state index >= 15 is 0 Å². The van der Waals surface area contributed by atoms with Crippen molar-refractivity contribution in [3.8, 4) is 0 Å². The first-order chi connectivity index (χ1) is 9.24. The molecule has 5 heteroatoms. The number of rotatable bonds is 4. The zero-order valence-corrected chi connectivity index (χ0v) is 12.7. The molecule has 3 rings (SSSR count). The molecule has 0 radical (unpaired) electrons. The average Bonchev–Trinajstić information content (AvgIpc) is 3.09. The Balaban J connectivity index is 1.80. The Bertz CT molecular complexity index is 581. The van der Waals surface area contributed by atoms with Gasteiger partial charge in [-0.1, -0.05) is 28.1 Å². The van der Waals surface area contributed by atoms with Crippen LogP contribution in [0.15, 0.2) is 39.6 Å². The fourth-order valence-corrected chi connectivity index (χ4v) is 3.02. The van der Waals surface area contributed by atoms with E-state index in [0.717, 1.165) is 22.9 Å². The molecule has 3 nitrogen and oxygen atoms in total. The molecule has 0 bridgehead atoms. The van der Waals surface area contributed by atoms with Crippen LogP contribution in [0.4, 0.5) is 0 Å². The van der Waals surface area contributed by atoms with E-state index in [1.165, 1.54) is 11.3 Å². The number of hydrogen-bond acceptors (Lipinski definition) is 3. The molecule has 0 saturated heterocycles. The molecule has 1 aliphatic rings. The first-order valence-corrected chi connectivity index (χ1v) is 7.91. The van der Waals surface area contributed by atoms with Gasteiger partial charge >= 0.3 is 0 Å². The van der Waals surface area contributed by atoms with Crippen LogP contribution < -0.4 is 0 Å². The van der Waals surface area contributed by atoms with Crippen LogP contribution in [0.2, 0.25) is 0 Å². The second-order valence-corrected chi connectivity index (χ2v) is 6.30. The van der Waals surface area contributed by atoms with Gasteiger partial charge in [0.2, 0.25) is 0 Å². The molecule has 1 aliphatic carbocycles. The number of amides is 1. The Hall–Kier alpha value is -1.20. The largest absolute Gasteiger partial charge is 0.330 e. The first kappa shape index (κ1) is 12.8. The average molecular weight is 337 g/mol. The molecule has 1 aromatic heterocycles. The number of thiazole rings is 1. The highest BCUT2D eigenvalue weighted by molar-refractivity contribution is 9.10. The number of halogens is 1. The lowest BCUT2D eigenvalue weighted by molar-refractivity contribution is 0.0724. The molecule has 0 atom stereocenters. The topological polar surface area (TPSA) is 33.2 Å². The molecule has 1 heterocycles. The maximum atomic E-state index is 12.4. The maximum Gasteiger partial charge on any atom is 0.273 e. The third-order valence-corrected chi connectivity index (χ3v) is 4.22. The molecule has 1 saturated carbocycles. The van der Waals surface area contributed by atoms with Crippen molar-refractivity contribution in [3.05, 3.63) is 50.9 Å². The predicted molar refractivity (Wildman–Crippen MR) is 79.2 cm³/mol. The van der Waals surface area contributed by atoms with Crippen molar-refractivity contribution in [1.29, 1.82) is 0 Å². The van der Waals surface area contributed by atoms with Crippen LogP contribution in [-0.2, 0) is 6.54 Å². The van der Waals surface area contributed by atoms with E-state index in [0.29, 0.717) is 18.3 Å². The van der Waals surface area contributed by atoms with Gasteiger partial charge in [-0.25, -0.2) is 4.98 Å². The van der Waals surface area contributed by atoms with Crippen LogP contribution in [0.5, 0.6) is 0 Å². The molecule has 2 aromatic rings. The highest BCUT2D eigenvalue weighted by Gasteiger charge is 2.33. The standard InChI is InChI=1S/C14H13BrN2OS/c15-11-3-1-2-10(6-11)7-17(12-4-5-12)14(18)13-8-19-9-16-13/h1-3,6,8-9,12H,4-5,7H2. The van der Waals surface area contributed by atoms with Crippen molar-refractivity contribution in [3.63, 3.8) is 0 Å². The van der Waals surface area contributed by atoms with Crippen LogP contribution in [0.1, 0.15) is 28.9 Å². The minimum Gasteiger partial charge on any atom is -0.330 e. The molecule has 0 unspecified atom stereocenters. The van der Waals surface area contributed by atoms with Crippen molar-refractivity contribution < 1.29 is 4.79 Å². The zero-order chi connectivity index (χ0) is 13.2. The second kappa shape index (κ2) is 5.43. The summed E-state index contributed by atoms with van der Waals surface area (Å²) in [5, 5.41) is 1.82. The Labute approximate surface area is 124 Å². The van der Waals surface area contributed by atoms with Crippen LogP contribution in [-0.4, -0.2) is 21.8 Å². The summed E-state index contributed by atoms with van der Waals surface area (Å²) in [6.45, 7) is 0.653. The quantitative estimate of drug-likeness (QED) is 0.852. The van der Waals surface area contributed by atoms with Gasteiger partial charge in [-0.2, -0.15) is 0 Å². The zero-order valence-electron chi connectivity index (χ0n) is 10.3. The van der Waals surface area contributed by atoms with Gasteiger partial charge in [-0.05, 0) is 30.5 Å². The van der Waals surface area contributed by atoms with Crippen LogP contribution in [0.25, 0.3) is 0 Å². The predicted octanol–water partition coefficient (Wildman–Crippen LogP) is 3.71. The van der Waals surface area contributed by atoms with Gasteiger partial charge < -0.3 is 4.90 Å². The van der Waals surface area contributed by atoms with Crippen molar-refractivity contribution in [2.24, 2.45) is 0 Å². The number of carbonyl (C=O) groups is 1. The van der Waals surface area contributed by atoms with Crippen molar-refractivity contribution >= 4 is 33.2 Å². The molecule has 1 fully saturated rings. The van der Waals surface area contributed by atoms with Gasteiger partial charge in [-0.15, -0.1) is 11.3 Å². The SMILES string of the molecule is O=C(c1cscn1)N(Cc1cccc(Br)c1)C1CC1. The molecule has 1 amide bonds. The van der Waals surface area contributed by atoms with Gasteiger partial charge in [-0.3, -0.25) is 4.79 Å². The molecule has 0 aliphatic heterocycles. The van der Waals surface area contributed by atoms with Gasteiger partial charge in [0, 0.05) is 22.4 Å². The van der Waals surface area contributed by atoms with E-state index in [1.54, 1.807) is 5.51 Å². The lowest BCUT2D eigenvalue weighted by atomic mass is 10.2. The Morgan fingerprint density at radius 1 is 1.47 bits per heavy atom. The Morgan fingerprint density at radius 3 is 2.95 bits per heavy atom. The summed E-state index contributed by atoms with van der Waals surface area (Å²) in [5.41, 5.74) is 3.41. The summed E-state index contributed by atoms with van der Waals surface area (Å²) in [5.74, 6) is 0.0451. The third kappa shape index (κ3) is 3.04. The van der Waals surface area contributed by atoms with Crippen LogP contribution >= 0.6 is 27.3 Å². The van der Waals surface area contributed by atoms with Crippen LogP contribution in [0, 0.1) is 0 Å². The normalized spacial score (nSPS) is 14.4. The number of aromatic nitrogens is 1. The monoisotopic (exact) mass is 336 g/mol. The summed E-state index contributed by atoms with van der Waals surface area (Å²) in [6.07, 6.45) is 2.20. The van der Waals surface area contributed by atoms with E-state index in [9.17, 15) is 4.79 Å². The van der Waals surface area contributed by atoms with E-state index < -0.39 is 0 Å². The highest BCUT2D eigenvalue weighted by Crippen LogP contribution is 2.30. The van der Waals surface area contributed by atoms with Crippen molar-refractivity contribution in [2.75, 3.05) is 0 Å². The van der Waals surface area contributed by atoms with E-state index in [4.69, 9.17) is 0 Å². The minimum atomic E-state index is 0.0451. The van der Waals surface area contributed by atoms with E-state index in [-0.39, 0.29) is 5.91 Å². The van der Waals surface area contributed by atoms with Crippen LogP contribution in [0.3, 0.4) is 0 Å². The van der Waals surface area contributed by atoms with Gasteiger partial charge in [0.1, 0.15) is 5.69 Å². The molecular formula is C14H13BrN2OS. The smallest absolute Gasteiger partial charge is 0.273 e. The fourth-order valence-electron chi connectivity index (χ4n) is 2.05. The molecule has 98 valence electrons. The Kier molecular flexibility index (Phi) is 3.66. The highest BCUT2D eigenvalue weighted by atomic mass is 79.9. The van der Waals surface area contributed by atoms with Crippen molar-refractivity contribution in [1.82, 2.24) is 9.88 Å². The number of benzene rings is 1. The lowest BCUT2D eigenvalue weighted by Gasteiger charge is -2.21. The lowest BCUT2D eigenvalue weighted by Crippen LogP contribution is -2.32. The molecular weight excluding hydrogens is 324 g/mol. The van der Waals surface area contributed by atoms with Crippen molar-refractivity contribution in [2.45, 2.75) is 25.4 Å². The summed E-state index contributed by atoms with van der Waals surface area (Å²) in [4.78, 5) is 18.5. The molecule has 19 heavy (non-hydrogen) atoms. The molecule has 0 spiro atoms.